The predicted molar refractivity (Wildman–Crippen MR) is 76.4 cm³/mol. The molecule has 1 saturated carbocycles. The minimum absolute atomic E-state index is 0.174. The standard InChI is InChI=1S/C15H25F3N2O2/c16-15(17,18)13(21)11-7-9-20(10-8-11)14(22)19-12-5-3-1-2-4-6-12/h11-13,21H,1-10H2,(H,19,22). The number of aliphatic hydroxyl groups is 1. The van der Waals surface area contributed by atoms with E-state index in [1.54, 1.807) is 4.90 Å². The number of halogens is 3. The number of alkyl halides is 3. The van der Waals surface area contributed by atoms with Crippen LogP contribution < -0.4 is 5.32 Å². The van der Waals surface area contributed by atoms with Crippen LogP contribution in [-0.4, -0.2) is 47.4 Å². The lowest BCUT2D eigenvalue weighted by atomic mass is 9.91. The summed E-state index contributed by atoms with van der Waals surface area (Å²) in [6.45, 7) is 0.548. The maximum Gasteiger partial charge on any atom is 0.414 e. The molecule has 7 heteroatoms. The van der Waals surface area contributed by atoms with E-state index in [-0.39, 0.29) is 38.0 Å². The second-order valence-electron chi connectivity index (χ2n) is 6.45. The number of piperidine rings is 1. The van der Waals surface area contributed by atoms with E-state index in [0.717, 1.165) is 25.7 Å². The molecule has 1 unspecified atom stereocenters. The van der Waals surface area contributed by atoms with E-state index < -0.39 is 18.2 Å². The highest BCUT2D eigenvalue weighted by atomic mass is 19.4. The van der Waals surface area contributed by atoms with Gasteiger partial charge in [0.15, 0.2) is 6.10 Å². The number of urea groups is 1. The molecule has 0 spiro atoms. The van der Waals surface area contributed by atoms with Crippen LogP contribution in [0.4, 0.5) is 18.0 Å². The van der Waals surface area contributed by atoms with Crippen molar-refractivity contribution in [3.8, 4) is 0 Å². The Labute approximate surface area is 129 Å². The van der Waals surface area contributed by atoms with Gasteiger partial charge < -0.3 is 15.3 Å². The summed E-state index contributed by atoms with van der Waals surface area (Å²) in [4.78, 5) is 13.8. The summed E-state index contributed by atoms with van der Waals surface area (Å²) >= 11 is 0. The van der Waals surface area contributed by atoms with Crippen molar-refractivity contribution in [3.05, 3.63) is 0 Å². The zero-order valence-corrected chi connectivity index (χ0v) is 12.7. The minimum Gasteiger partial charge on any atom is -0.383 e. The van der Waals surface area contributed by atoms with E-state index in [9.17, 15) is 23.1 Å². The first-order valence-electron chi connectivity index (χ1n) is 8.18. The smallest absolute Gasteiger partial charge is 0.383 e. The summed E-state index contributed by atoms with van der Waals surface area (Å²) in [7, 11) is 0. The number of nitrogens with zero attached hydrogens (tertiary/aromatic N) is 1. The molecule has 4 nitrogen and oxygen atoms in total. The summed E-state index contributed by atoms with van der Waals surface area (Å²) in [6, 6.07) is 0.0142. The topological polar surface area (TPSA) is 52.6 Å². The van der Waals surface area contributed by atoms with E-state index in [1.165, 1.54) is 12.8 Å². The number of rotatable bonds is 2. The highest BCUT2D eigenvalue weighted by Crippen LogP contribution is 2.31. The molecule has 1 atom stereocenters. The molecule has 2 amide bonds. The summed E-state index contributed by atoms with van der Waals surface area (Å²) in [5, 5.41) is 12.3. The Bertz CT molecular complexity index is 360. The molecule has 2 rings (SSSR count). The van der Waals surface area contributed by atoms with Crippen molar-refractivity contribution in [2.24, 2.45) is 5.92 Å². The molecular formula is C15H25F3N2O2. The molecule has 0 radical (unpaired) electrons. The molecule has 0 aromatic rings. The fourth-order valence-corrected chi connectivity index (χ4v) is 3.38. The average molecular weight is 322 g/mol. The molecule has 22 heavy (non-hydrogen) atoms. The van der Waals surface area contributed by atoms with E-state index in [2.05, 4.69) is 5.32 Å². The quantitative estimate of drug-likeness (QED) is 0.768. The van der Waals surface area contributed by atoms with Gasteiger partial charge in [0.2, 0.25) is 0 Å². The Kier molecular flexibility index (Phi) is 5.94. The Hall–Kier alpha value is -0.980. The van der Waals surface area contributed by atoms with Crippen molar-refractivity contribution in [1.82, 2.24) is 10.2 Å². The maximum absolute atomic E-state index is 12.5. The summed E-state index contributed by atoms with van der Waals surface area (Å²) < 4.78 is 37.5. The van der Waals surface area contributed by atoms with Crippen molar-refractivity contribution in [1.29, 1.82) is 0 Å². The van der Waals surface area contributed by atoms with Crippen LogP contribution in [0.2, 0.25) is 0 Å². The van der Waals surface area contributed by atoms with Gasteiger partial charge in [-0.1, -0.05) is 25.7 Å². The zero-order valence-electron chi connectivity index (χ0n) is 12.7. The van der Waals surface area contributed by atoms with Crippen LogP contribution in [0.1, 0.15) is 51.4 Å². The molecule has 1 saturated heterocycles. The fourth-order valence-electron chi connectivity index (χ4n) is 3.38. The van der Waals surface area contributed by atoms with Crippen LogP contribution in [0.15, 0.2) is 0 Å². The second kappa shape index (κ2) is 7.53. The number of carbonyl (C=O) groups is 1. The van der Waals surface area contributed by atoms with Gasteiger partial charge in [0.1, 0.15) is 0 Å². The van der Waals surface area contributed by atoms with Gasteiger partial charge >= 0.3 is 12.2 Å². The first-order valence-corrected chi connectivity index (χ1v) is 8.18. The molecule has 1 heterocycles. The third kappa shape index (κ3) is 4.76. The number of nitrogens with one attached hydrogen (secondary N) is 1. The zero-order chi connectivity index (χ0) is 16.2. The van der Waals surface area contributed by atoms with Crippen LogP contribution in [0.5, 0.6) is 0 Å². The van der Waals surface area contributed by atoms with Crippen molar-refractivity contribution in [2.75, 3.05) is 13.1 Å². The van der Waals surface area contributed by atoms with Gasteiger partial charge in [-0.3, -0.25) is 0 Å². The Morgan fingerprint density at radius 3 is 2.09 bits per heavy atom. The lowest BCUT2D eigenvalue weighted by Gasteiger charge is -2.35. The number of amides is 2. The third-order valence-corrected chi connectivity index (χ3v) is 4.79. The summed E-state index contributed by atoms with van der Waals surface area (Å²) in [6.07, 6.45) is 0.131. The largest absolute Gasteiger partial charge is 0.414 e. The van der Waals surface area contributed by atoms with Gasteiger partial charge in [0, 0.05) is 19.1 Å². The van der Waals surface area contributed by atoms with Gasteiger partial charge in [-0.25, -0.2) is 4.79 Å². The fraction of sp³-hybridized carbons (Fsp3) is 0.933. The van der Waals surface area contributed by atoms with E-state index >= 15 is 0 Å². The molecule has 2 aliphatic rings. The van der Waals surface area contributed by atoms with E-state index in [1.807, 2.05) is 0 Å². The van der Waals surface area contributed by atoms with Crippen LogP contribution >= 0.6 is 0 Å². The Morgan fingerprint density at radius 2 is 1.59 bits per heavy atom. The van der Waals surface area contributed by atoms with Gasteiger partial charge in [-0.15, -0.1) is 0 Å². The van der Waals surface area contributed by atoms with Crippen LogP contribution in [0.25, 0.3) is 0 Å². The molecule has 128 valence electrons. The first kappa shape index (κ1) is 17.4. The summed E-state index contributed by atoms with van der Waals surface area (Å²) in [5.74, 6) is -0.804. The Morgan fingerprint density at radius 1 is 1.05 bits per heavy atom. The second-order valence-corrected chi connectivity index (χ2v) is 6.45. The number of aliphatic hydroxyl groups excluding tert-OH is 1. The average Bonchev–Trinajstić information content (AvgIpc) is 2.74. The highest BCUT2D eigenvalue weighted by Gasteiger charge is 2.44. The number of hydrogen-bond donors (Lipinski definition) is 2. The monoisotopic (exact) mass is 322 g/mol. The van der Waals surface area contributed by atoms with Gasteiger partial charge in [-0.05, 0) is 31.6 Å². The molecule has 0 bridgehead atoms. The number of hydrogen-bond acceptors (Lipinski definition) is 2. The molecule has 0 aromatic carbocycles. The number of likely N-dealkylation sites (tertiary alicyclic amines) is 1. The van der Waals surface area contributed by atoms with Gasteiger partial charge in [0.25, 0.3) is 0 Å². The number of carbonyl (C=O) groups excluding carboxylic acids is 1. The Balaban J connectivity index is 1.77. The minimum atomic E-state index is -4.57. The highest BCUT2D eigenvalue weighted by molar-refractivity contribution is 5.74. The summed E-state index contributed by atoms with van der Waals surface area (Å²) in [5.41, 5.74) is 0. The van der Waals surface area contributed by atoms with Crippen molar-refractivity contribution in [2.45, 2.75) is 69.7 Å². The van der Waals surface area contributed by atoms with Gasteiger partial charge in [0.05, 0.1) is 0 Å². The SMILES string of the molecule is O=C(NC1CCCCCC1)N1CCC(C(O)C(F)(F)F)CC1. The van der Waals surface area contributed by atoms with Gasteiger partial charge in [-0.2, -0.15) is 13.2 Å². The normalized spacial score (nSPS) is 23.9. The van der Waals surface area contributed by atoms with Crippen LogP contribution in [-0.2, 0) is 0 Å². The third-order valence-electron chi connectivity index (χ3n) is 4.79. The molecule has 0 aromatic heterocycles. The van der Waals surface area contributed by atoms with Crippen LogP contribution in [0, 0.1) is 5.92 Å². The van der Waals surface area contributed by atoms with E-state index in [4.69, 9.17) is 0 Å². The molecular weight excluding hydrogens is 297 g/mol. The molecule has 1 aliphatic heterocycles. The maximum atomic E-state index is 12.5. The first-order chi connectivity index (χ1) is 10.4. The van der Waals surface area contributed by atoms with E-state index in [0.29, 0.717) is 0 Å². The lowest BCUT2D eigenvalue weighted by molar-refractivity contribution is -0.222. The molecule has 2 fully saturated rings. The predicted octanol–water partition coefficient (Wildman–Crippen LogP) is 3.05. The lowest BCUT2D eigenvalue weighted by Crippen LogP contribution is -2.50. The molecule has 2 N–H and O–H groups in total. The molecule has 1 aliphatic carbocycles. The van der Waals surface area contributed by atoms with Crippen molar-refractivity contribution in [3.63, 3.8) is 0 Å². The van der Waals surface area contributed by atoms with Crippen LogP contribution in [0.3, 0.4) is 0 Å². The van der Waals surface area contributed by atoms with Crippen molar-refractivity contribution >= 4 is 6.03 Å². The van der Waals surface area contributed by atoms with Crippen molar-refractivity contribution < 1.29 is 23.1 Å².